The molecule has 0 aliphatic rings. The zero-order chi connectivity index (χ0) is 15.3. The van der Waals surface area contributed by atoms with Gasteiger partial charge in [0.2, 0.25) is 0 Å². The van der Waals surface area contributed by atoms with Crippen LogP contribution in [0.15, 0.2) is 12.3 Å². The second kappa shape index (κ2) is 6.87. The number of ether oxygens (including phenoxy) is 1. The summed E-state index contributed by atoms with van der Waals surface area (Å²) in [7, 11) is -1.21. The number of nitrogens with zero attached hydrogens (tertiary/aromatic N) is 2. The largest absolute Gasteiger partial charge is 0.469 e. The lowest BCUT2D eigenvalue weighted by atomic mass is 10.3. The van der Waals surface area contributed by atoms with E-state index in [2.05, 4.69) is 14.4 Å². The van der Waals surface area contributed by atoms with Gasteiger partial charge in [0.05, 0.1) is 19.2 Å². The maximum atomic E-state index is 12.0. The van der Waals surface area contributed by atoms with Gasteiger partial charge >= 0.3 is 16.2 Å². The van der Waals surface area contributed by atoms with Gasteiger partial charge in [-0.15, -0.1) is 0 Å². The Hall–Kier alpha value is -1.38. The zero-order valence-electron chi connectivity index (χ0n) is 11.4. The number of pyridine rings is 1. The maximum absolute atomic E-state index is 12.0. The molecule has 0 fully saturated rings. The minimum Gasteiger partial charge on any atom is -0.469 e. The highest BCUT2D eigenvalue weighted by Gasteiger charge is 2.20. The second-order valence-electron chi connectivity index (χ2n) is 4.11. The lowest BCUT2D eigenvalue weighted by Crippen LogP contribution is -2.34. The molecule has 1 aromatic heterocycles. The first-order valence-electron chi connectivity index (χ1n) is 5.69. The molecule has 0 saturated heterocycles. The smallest absolute Gasteiger partial charge is 0.306 e. The minimum absolute atomic E-state index is 0.00112. The van der Waals surface area contributed by atoms with E-state index in [-0.39, 0.29) is 23.8 Å². The molecule has 1 rings (SSSR count). The fourth-order valence-electron chi connectivity index (χ4n) is 1.31. The summed E-state index contributed by atoms with van der Waals surface area (Å²) in [4.78, 5) is 14.9. The normalized spacial score (nSPS) is 11.4. The van der Waals surface area contributed by atoms with Crippen LogP contribution >= 0.6 is 11.6 Å². The average Bonchev–Trinajstić information content (AvgIpc) is 2.39. The molecule has 0 bridgehead atoms. The van der Waals surface area contributed by atoms with Crippen molar-refractivity contribution in [1.82, 2.24) is 9.29 Å². The van der Waals surface area contributed by atoms with Gasteiger partial charge in [0.15, 0.2) is 5.15 Å². The molecule has 0 aromatic carbocycles. The van der Waals surface area contributed by atoms with Crippen LogP contribution in [0.25, 0.3) is 0 Å². The second-order valence-corrected chi connectivity index (χ2v) is 6.24. The van der Waals surface area contributed by atoms with Crippen molar-refractivity contribution in [1.29, 1.82) is 0 Å². The first-order valence-corrected chi connectivity index (χ1v) is 7.51. The Bertz CT molecular complexity index is 591. The summed E-state index contributed by atoms with van der Waals surface area (Å²) >= 11 is 5.83. The van der Waals surface area contributed by atoms with Gasteiger partial charge in [-0.25, -0.2) is 4.98 Å². The van der Waals surface area contributed by atoms with Gasteiger partial charge in [0.25, 0.3) is 0 Å². The summed E-state index contributed by atoms with van der Waals surface area (Å²) in [6.45, 7) is 1.76. The van der Waals surface area contributed by atoms with Crippen LogP contribution in [0.5, 0.6) is 0 Å². The highest BCUT2D eigenvalue weighted by atomic mass is 35.5. The van der Waals surface area contributed by atoms with Crippen molar-refractivity contribution in [3.05, 3.63) is 23.0 Å². The monoisotopic (exact) mass is 321 g/mol. The lowest BCUT2D eigenvalue weighted by molar-refractivity contribution is -0.140. The fourth-order valence-corrected chi connectivity index (χ4v) is 2.44. The molecular formula is C11H16ClN3O4S. The molecule has 1 N–H and O–H groups in total. The van der Waals surface area contributed by atoms with Crippen LogP contribution in [0.3, 0.4) is 0 Å². The molecule has 20 heavy (non-hydrogen) atoms. The number of halogens is 1. The highest BCUT2D eigenvalue weighted by molar-refractivity contribution is 7.90. The average molecular weight is 322 g/mol. The standard InChI is InChI=1S/C11H16ClN3O4S/c1-8-6-9(11(12)13-7-8)14-20(17,18)15(2)5-4-10(16)19-3/h6-7,14H,4-5H2,1-3H3. The first-order chi connectivity index (χ1) is 9.26. The van der Waals surface area contributed by atoms with Crippen LogP contribution in [-0.2, 0) is 19.7 Å². The number of anilines is 1. The van der Waals surface area contributed by atoms with Gasteiger partial charge in [0, 0.05) is 19.8 Å². The van der Waals surface area contributed by atoms with Gasteiger partial charge < -0.3 is 4.74 Å². The summed E-state index contributed by atoms with van der Waals surface area (Å²) < 4.78 is 31.9. The third-order valence-electron chi connectivity index (χ3n) is 2.48. The number of hydrogen-bond donors (Lipinski definition) is 1. The number of nitrogens with one attached hydrogen (secondary N) is 1. The Balaban J connectivity index is 2.78. The summed E-state index contributed by atoms with van der Waals surface area (Å²) in [6.07, 6.45) is 1.49. The molecule has 0 spiro atoms. The number of aryl methyl sites for hydroxylation is 1. The van der Waals surface area contributed by atoms with Gasteiger partial charge in [-0.2, -0.15) is 12.7 Å². The van der Waals surface area contributed by atoms with E-state index in [9.17, 15) is 13.2 Å². The topological polar surface area (TPSA) is 88.6 Å². The predicted octanol–water partition coefficient (Wildman–Crippen LogP) is 1.20. The van der Waals surface area contributed by atoms with E-state index >= 15 is 0 Å². The molecule has 0 saturated carbocycles. The minimum atomic E-state index is -3.81. The number of rotatable bonds is 6. The van der Waals surface area contributed by atoms with Crippen LogP contribution in [-0.4, -0.2) is 44.4 Å². The predicted molar refractivity (Wildman–Crippen MR) is 75.8 cm³/mol. The van der Waals surface area contributed by atoms with E-state index < -0.39 is 16.2 Å². The van der Waals surface area contributed by atoms with E-state index in [1.54, 1.807) is 13.0 Å². The van der Waals surface area contributed by atoms with E-state index in [1.807, 2.05) is 0 Å². The molecule has 0 atom stereocenters. The third-order valence-corrected chi connectivity index (χ3v) is 4.27. The van der Waals surface area contributed by atoms with Crippen molar-refractivity contribution in [2.75, 3.05) is 25.4 Å². The van der Waals surface area contributed by atoms with Crippen molar-refractivity contribution in [3.63, 3.8) is 0 Å². The molecule has 0 amide bonds. The molecule has 0 aliphatic carbocycles. The maximum Gasteiger partial charge on any atom is 0.306 e. The fraction of sp³-hybridized carbons (Fsp3) is 0.455. The lowest BCUT2D eigenvalue weighted by Gasteiger charge is -2.18. The van der Waals surface area contributed by atoms with Gasteiger partial charge in [-0.1, -0.05) is 11.6 Å². The van der Waals surface area contributed by atoms with Crippen LogP contribution in [0, 0.1) is 6.92 Å². The Morgan fingerprint density at radius 2 is 2.20 bits per heavy atom. The Morgan fingerprint density at radius 1 is 1.55 bits per heavy atom. The van der Waals surface area contributed by atoms with E-state index in [4.69, 9.17) is 11.6 Å². The Morgan fingerprint density at radius 3 is 2.80 bits per heavy atom. The van der Waals surface area contributed by atoms with Crippen LogP contribution in [0.2, 0.25) is 5.15 Å². The van der Waals surface area contributed by atoms with Crippen LogP contribution in [0.4, 0.5) is 5.69 Å². The summed E-state index contributed by atoms with van der Waals surface area (Å²) in [5.74, 6) is -0.484. The van der Waals surface area contributed by atoms with Crippen molar-refractivity contribution < 1.29 is 17.9 Å². The Labute approximate surface area is 123 Å². The summed E-state index contributed by atoms with van der Waals surface area (Å²) in [5, 5.41) is 0.0561. The summed E-state index contributed by atoms with van der Waals surface area (Å²) in [5.41, 5.74) is 0.959. The first kappa shape index (κ1) is 16.7. The molecule has 112 valence electrons. The van der Waals surface area contributed by atoms with Crippen LogP contribution in [0.1, 0.15) is 12.0 Å². The molecule has 7 nitrogen and oxygen atoms in total. The SMILES string of the molecule is COC(=O)CCN(C)S(=O)(=O)Nc1cc(C)cnc1Cl. The molecule has 0 radical (unpaired) electrons. The number of carbonyl (C=O) groups is 1. The molecule has 1 heterocycles. The van der Waals surface area contributed by atoms with Gasteiger partial charge in [-0.05, 0) is 18.6 Å². The summed E-state index contributed by atoms with van der Waals surface area (Å²) in [6, 6.07) is 1.57. The van der Waals surface area contributed by atoms with Crippen molar-refractivity contribution in [3.8, 4) is 0 Å². The number of esters is 1. The molecular weight excluding hydrogens is 306 g/mol. The van der Waals surface area contributed by atoms with Gasteiger partial charge in [-0.3, -0.25) is 9.52 Å². The number of carbonyl (C=O) groups excluding carboxylic acids is 1. The molecule has 0 unspecified atom stereocenters. The number of hydrogen-bond acceptors (Lipinski definition) is 5. The van der Waals surface area contributed by atoms with E-state index in [1.165, 1.54) is 20.4 Å². The quantitative estimate of drug-likeness (QED) is 0.628. The van der Waals surface area contributed by atoms with E-state index in [0.717, 1.165) is 9.87 Å². The Kier molecular flexibility index (Phi) is 5.73. The van der Waals surface area contributed by atoms with Crippen LogP contribution < -0.4 is 4.72 Å². The zero-order valence-corrected chi connectivity index (χ0v) is 13.0. The van der Waals surface area contributed by atoms with E-state index in [0.29, 0.717) is 0 Å². The molecule has 0 aliphatic heterocycles. The number of methoxy groups -OCH3 is 1. The van der Waals surface area contributed by atoms with Crippen molar-refractivity contribution in [2.45, 2.75) is 13.3 Å². The van der Waals surface area contributed by atoms with Crippen molar-refractivity contribution >= 4 is 33.5 Å². The van der Waals surface area contributed by atoms with Crippen molar-refractivity contribution in [2.24, 2.45) is 0 Å². The number of aromatic nitrogens is 1. The molecule has 1 aromatic rings. The molecule has 9 heteroatoms. The third kappa shape index (κ3) is 4.62. The van der Waals surface area contributed by atoms with Gasteiger partial charge in [0.1, 0.15) is 0 Å². The highest BCUT2D eigenvalue weighted by Crippen LogP contribution is 2.21.